The molecule has 1 aliphatic rings. The Hall–Kier alpha value is -6.61. The number of rotatable bonds is 13. The van der Waals surface area contributed by atoms with E-state index >= 15 is 0 Å². The van der Waals surface area contributed by atoms with E-state index in [9.17, 15) is 19.5 Å². The van der Waals surface area contributed by atoms with Gasteiger partial charge in [0.15, 0.2) is 0 Å². The van der Waals surface area contributed by atoms with Crippen molar-refractivity contribution in [2.75, 3.05) is 11.4 Å². The number of carbonyl (C=O) groups excluding carboxylic acids is 2. The van der Waals surface area contributed by atoms with E-state index in [-0.39, 0.29) is 21.7 Å². The topological polar surface area (TPSA) is 77.9 Å². The van der Waals surface area contributed by atoms with Crippen molar-refractivity contribution in [3.05, 3.63) is 174 Å². The first-order valence-electron chi connectivity index (χ1n) is 24.9. The normalized spacial score (nSPS) is 13.6. The molecule has 0 aromatic heterocycles. The average Bonchev–Trinajstić information content (AvgIpc) is 3.31. The van der Waals surface area contributed by atoms with Gasteiger partial charge < -0.3 is 10.0 Å². The van der Waals surface area contributed by atoms with Crippen LogP contribution in [0.1, 0.15) is 114 Å². The van der Waals surface area contributed by atoms with Gasteiger partial charge in [0.1, 0.15) is 6.54 Å². The minimum atomic E-state index is -1.25. The lowest BCUT2D eigenvalue weighted by Crippen LogP contribution is -2.43. The fourth-order valence-corrected chi connectivity index (χ4v) is 14.0. The van der Waals surface area contributed by atoms with E-state index in [2.05, 4.69) is 177 Å². The second-order valence-electron chi connectivity index (χ2n) is 23.3. The molecule has 10 rings (SSSR count). The Morgan fingerprint density at radius 2 is 0.917 bits per heavy atom. The lowest BCUT2D eigenvalue weighted by atomic mass is 9.72. The average molecular weight is 987 g/mol. The van der Waals surface area contributed by atoms with Crippen molar-refractivity contribution >= 4 is 101 Å². The number of amides is 2. The number of anilines is 3. The molecule has 1 aliphatic heterocycles. The summed E-state index contributed by atoms with van der Waals surface area (Å²) in [6.07, 6.45) is 2.08. The van der Waals surface area contributed by atoms with Crippen LogP contribution in [-0.4, -0.2) is 34.3 Å². The number of carboxylic acids is 1. The first-order valence-corrected chi connectivity index (χ1v) is 26.5. The van der Waals surface area contributed by atoms with Gasteiger partial charge >= 0.3 is 5.97 Å². The predicted molar refractivity (Wildman–Crippen MR) is 301 cm³/mol. The Bertz CT molecular complexity index is 3380. The van der Waals surface area contributed by atoms with Crippen LogP contribution in [0.2, 0.25) is 0 Å². The molecule has 8 heteroatoms. The van der Waals surface area contributed by atoms with Gasteiger partial charge in [0, 0.05) is 69.0 Å². The van der Waals surface area contributed by atoms with Crippen molar-refractivity contribution in [1.82, 2.24) is 4.90 Å². The summed E-state index contributed by atoms with van der Waals surface area (Å²) in [5.41, 5.74) is 6.60. The number of nitrogens with zero attached hydrogens (tertiary/aromatic N) is 2. The van der Waals surface area contributed by atoms with Crippen LogP contribution in [0.3, 0.4) is 0 Å². The fraction of sp³-hybridized carbons (Fsp3) is 0.266. The third kappa shape index (κ3) is 9.13. The lowest BCUT2D eigenvalue weighted by molar-refractivity contribution is -0.137. The summed E-state index contributed by atoms with van der Waals surface area (Å²) in [6, 6.07) is 53.3. The highest BCUT2D eigenvalue weighted by atomic mass is 32.2. The number of imide groups is 1. The summed E-state index contributed by atoms with van der Waals surface area (Å²) in [6.45, 7) is 22.5. The molecular formula is C64H62N2O4S2. The van der Waals surface area contributed by atoms with Crippen LogP contribution in [0, 0.1) is 10.8 Å². The van der Waals surface area contributed by atoms with Gasteiger partial charge in [0.05, 0.1) is 5.69 Å². The minimum absolute atomic E-state index is 0.0362. The van der Waals surface area contributed by atoms with Crippen molar-refractivity contribution in [2.45, 2.75) is 112 Å². The summed E-state index contributed by atoms with van der Waals surface area (Å²) >= 11 is 3.14. The van der Waals surface area contributed by atoms with Gasteiger partial charge in [-0.05, 0) is 129 Å². The summed E-state index contributed by atoms with van der Waals surface area (Å²) < 4.78 is 0. The van der Waals surface area contributed by atoms with Crippen LogP contribution in [0.4, 0.5) is 17.1 Å². The van der Waals surface area contributed by atoms with Crippen LogP contribution in [0.15, 0.2) is 171 Å². The maximum Gasteiger partial charge on any atom is 0.323 e. The van der Waals surface area contributed by atoms with E-state index in [0.717, 1.165) is 92.1 Å². The van der Waals surface area contributed by atoms with Gasteiger partial charge in [-0.15, -0.1) is 0 Å². The van der Waals surface area contributed by atoms with Crippen LogP contribution in [0.25, 0.3) is 43.1 Å². The Kier molecular flexibility index (Phi) is 12.4. The van der Waals surface area contributed by atoms with Gasteiger partial charge in [-0.3, -0.25) is 19.3 Å². The predicted octanol–water partition coefficient (Wildman–Crippen LogP) is 17.6. The van der Waals surface area contributed by atoms with Crippen LogP contribution in [-0.2, 0) is 15.6 Å². The first kappa shape index (κ1) is 49.0. The molecule has 0 atom stereocenters. The second kappa shape index (κ2) is 18.2. The van der Waals surface area contributed by atoms with Crippen LogP contribution < -0.4 is 4.90 Å². The molecule has 0 saturated carbocycles. The van der Waals surface area contributed by atoms with E-state index < -0.39 is 24.3 Å². The van der Waals surface area contributed by atoms with E-state index in [1.165, 1.54) is 11.1 Å². The summed E-state index contributed by atoms with van der Waals surface area (Å²) in [5, 5.41) is 17.4. The zero-order chi connectivity index (χ0) is 51.1. The SMILES string of the molecule is CC(C)(C)CC(C)(C)c1ccc(N(c2ccc(C(C)(C)CC(C)(C)C)cc2)c2ccc3c4c(Sc5ccccc5)cc5c6c(cc(Sc7ccccc7)c(c7cccc2c73)c64)C(=O)N(CC(=O)O)C5=O)cc1. The first-order chi connectivity index (χ1) is 34.1. The Morgan fingerprint density at radius 1 is 0.486 bits per heavy atom. The molecule has 9 aromatic rings. The van der Waals surface area contributed by atoms with Crippen molar-refractivity contribution in [1.29, 1.82) is 0 Å². The largest absolute Gasteiger partial charge is 0.480 e. The van der Waals surface area contributed by atoms with E-state index in [1.54, 1.807) is 23.5 Å². The second-order valence-corrected chi connectivity index (χ2v) is 25.5. The molecule has 0 aliphatic carbocycles. The van der Waals surface area contributed by atoms with Gasteiger partial charge in [0.2, 0.25) is 0 Å². The van der Waals surface area contributed by atoms with Crippen molar-refractivity contribution in [2.24, 2.45) is 10.8 Å². The maximum atomic E-state index is 14.6. The highest BCUT2D eigenvalue weighted by molar-refractivity contribution is 8.00. The number of carboxylic acid groups (broad SMARTS) is 1. The molecule has 9 aromatic carbocycles. The molecule has 0 saturated heterocycles. The summed E-state index contributed by atoms with van der Waals surface area (Å²) in [7, 11) is 0. The Labute approximate surface area is 432 Å². The van der Waals surface area contributed by atoms with Gasteiger partial charge in [0.25, 0.3) is 11.8 Å². The van der Waals surface area contributed by atoms with Gasteiger partial charge in [-0.2, -0.15) is 0 Å². The zero-order valence-electron chi connectivity index (χ0n) is 42.9. The van der Waals surface area contributed by atoms with E-state index in [0.29, 0.717) is 16.5 Å². The van der Waals surface area contributed by atoms with Crippen LogP contribution >= 0.6 is 23.5 Å². The number of hydrogen-bond acceptors (Lipinski definition) is 6. The molecule has 0 bridgehead atoms. The Balaban J connectivity index is 1.28. The number of fused-ring (bicyclic) bond motifs is 2. The van der Waals surface area contributed by atoms with E-state index in [4.69, 9.17) is 0 Å². The molecule has 6 nitrogen and oxygen atoms in total. The highest BCUT2D eigenvalue weighted by Crippen LogP contribution is 2.54. The molecule has 2 amide bonds. The molecule has 364 valence electrons. The Morgan fingerprint density at radius 3 is 1.35 bits per heavy atom. The van der Waals surface area contributed by atoms with Gasteiger partial charge in [-0.1, -0.05) is 178 Å². The lowest BCUT2D eigenvalue weighted by Gasteiger charge is -2.34. The van der Waals surface area contributed by atoms with Gasteiger partial charge in [-0.25, -0.2) is 0 Å². The molecule has 1 N–H and O–H groups in total. The zero-order valence-corrected chi connectivity index (χ0v) is 44.6. The number of hydrogen-bond donors (Lipinski definition) is 1. The number of aliphatic carboxylic acids is 1. The quantitative estimate of drug-likeness (QED) is 0.0700. The standard InChI is InChI=1S/C64H62N2O4S2/c1-61(2,3)37-63(7,8)39-24-28-41(29-25-39)66(42-30-26-40(27-31-42)64(9,10)38-62(4,5)6)50-33-32-47-54-45(50)22-17-23-46(54)56-51(71-43-18-13-11-14-19-43)34-48-55-49(60(70)65(59(48)69)36-53(67)68)35-52(57(47)58(55)56)72-44-20-15-12-16-21-44/h11-35H,36-38H2,1-10H3,(H,67,68). The fourth-order valence-electron chi connectivity index (χ4n) is 11.9. The van der Waals surface area contributed by atoms with E-state index in [1.807, 2.05) is 48.5 Å². The molecule has 0 radical (unpaired) electrons. The van der Waals surface area contributed by atoms with Crippen molar-refractivity contribution < 1.29 is 19.5 Å². The van der Waals surface area contributed by atoms with Crippen molar-refractivity contribution in [3.63, 3.8) is 0 Å². The number of benzene rings is 9. The van der Waals surface area contributed by atoms with Crippen LogP contribution in [0.5, 0.6) is 0 Å². The third-order valence-corrected chi connectivity index (χ3v) is 16.2. The smallest absolute Gasteiger partial charge is 0.323 e. The third-order valence-electron chi connectivity index (χ3n) is 14.1. The summed E-state index contributed by atoms with van der Waals surface area (Å²) in [4.78, 5) is 48.3. The molecular weight excluding hydrogens is 925 g/mol. The molecule has 72 heavy (non-hydrogen) atoms. The monoisotopic (exact) mass is 986 g/mol. The minimum Gasteiger partial charge on any atom is -0.480 e. The highest BCUT2D eigenvalue weighted by Gasteiger charge is 2.38. The molecule has 0 unspecified atom stereocenters. The molecule has 1 heterocycles. The number of carbonyl (C=O) groups is 3. The molecule has 0 spiro atoms. The molecule has 0 fully saturated rings. The maximum absolute atomic E-state index is 14.6. The van der Waals surface area contributed by atoms with Crippen molar-refractivity contribution in [3.8, 4) is 0 Å². The summed E-state index contributed by atoms with van der Waals surface area (Å²) in [5.74, 6) is -2.47.